The van der Waals surface area contributed by atoms with Crippen molar-refractivity contribution in [3.05, 3.63) is 58.6 Å². The van der Waals surface area contributed by atoms with Gasteiger partial charge in [0.15, 0.2) is 0 Å². The van der Waals surface area contributed by atoms with Gasteiger partial charge in [-0.2, -0.15) is 0 Å². The number of aliphatic carboxylic acids is 1. The van der Waals surface area contributed by atoms with Gasteiger partial charge in [0.1, 0.15) is 11.3 Å². The second-order valence-corrected chi connectivity index (χ2v) is 10.6. The quantitative estimate of drug-likeness (QED) is 0.286. The largest absolute Gasteiger partial charge is 0.573 e. The molecule has 2 aromatic carbocycles. The Hall–Kier alpha value is -3.11. The van der Waals surface area contributed by atoms with E-state index in [1.165, 1.54) is 0 Å². The minimum absolute atomic E-state index is 0.0195. The number of ketones is 2. The summed E-state index contributed by atoms with van der Waals surface area (Å²) in [7, 11) is 0. The fourth-order valence-electron chi connectivity index (χ4n) is 6.00. The fourth-order valence-corrected chi connectivity index (χ4v) is 6.20. The smallest absolute Gasteiger partial charge is 0.480 e. The number of anilines is 1. The molecule has 0 spiro atoms. The summed E-state index contributed by atoms with van der Waals surface area (Å²) in [5.41, 5.74) is -0.729. The number of rotatable bonds is 9. The molecule has 0 amide bonds. The first-order valence-corrected chi connectivity index (χ1v) is 12.9. The molecule has 38 heavy (non-hydrogen) atoms. The highest BCUT2D eigenvalue weighted by Gasteiger charge is 2.57. The molecule has 1 aliphatic heterocycles. The molecule has 11 heteroatoms. The Kier molecular flexibility index (Phi) is 6.89. The van der Waals surface area contributed by atoms with Crippen LogP contribution in [0.3, 0.4) is 0 Å². The molecule has 4 atom stereocenters. The van der Waals surface area contributed by atoms with Crippen LogP contribution in [-0.2, 0) is 9.59 Å². The van der Waals surface area contributed by atoms with Crippen LogP contribution in [-0.4, -0.2) is 46.6 Å². The molecular formula is C27H26ClF3N2O5. The van der Waals surface area contributed by atoms with E-state index in [0.717, 1.165) is 61.6 Å². The number of halogens is 4. The summed E-state index contributed by atoms with van der Waals surface area (Å²) in [6, 6.07) is 9.98. The van der Waals surface area contributed by atoms with Gasteiger partial charge in [0, 0.05) is 35.7 Å². The van der Waals surface area contributed by atoms with Crippen molar-refractivity contribution in [3.8, 4) is 5.75 Å². The second-order valence-electron chi connectivity index (χ2n) is 10.2. The van der Waals surface area contributed by atoms with Crippen molar-refractivity contribution in [1.82, 2.24) is 5.32 Å². The number of nitrogens with one attached hydrogen (secondary N) is 2. The van der Waals surface area contributed by atoms with E-state index in [2.05, 4.69) is 15.4 Å². The number of para-hydroxylation sites is 1. The number of carbonyl (C=O) groups excluding carboxylic acids is 2. The molecule has 0 aromatic heterocycles. The van der Waals surface area contributed by atoms with Crippen LogP contribution in [0, 0.1) is 5.92 Å². The predicted molar refractivity (Wildman–Crippen MR) is 133 cm³/mol. The van der Waals surface area contributed by atoms with Crippen molar-refractivity contribution in [2.24, 2.45) is 5.92 Å². The zero-order valence-corrected chi connectivity index (χ0v) is 20.9. The van der Waals surface area contributed by atoms with Gasteiger partial charge in [-0.25, -0.2) is 0 Å². The molecule has 2 saturated carbocycles. The van der Waals surface area contributed by atoms with Crippen molar-refractivity contribution < 1.29 is 37.4 Å². The number of carboxylic acids is 1. The topological polar surface area (TPSA) is 105 Å². The summed E-state index contributed by atoms with van der Waals surface area (Å²) in [6.07, 6.45) is -1.72. The highest BCUT2D eigenvalue weighted by Crippen LogP contribution is 2.52. The Morgan fingerprint density at radius 3 is 2.50 bits per heavy atom. The Balaban J connectivity index is 1.53. The first kappa shape index (κ1) is 26.5. The highest BCUT2D eigenvalue weighted by atomic mass is 35.5. The summed E-state index contributed by atoms with van der Waals surface area (Å²) in [5.74, 6) is -4.90. The number of benzene rings is 2. The summed E-state index contributed by atoms with van der Waals surface area (Å²) in [6.45, 7) is 0. The van der Waals surface area contributed by atoms with E-state index in [4.69, 9.17) is 11.6 Å². The number of fused-ring (bicyclic) bond motifs is 2. The third-order valence-corrected chi connectivity index (χ3v) is 8.02. The molecule has 7 nitrogen and oxygen atoms in total. The lowest BCUT2D eigenvalue weighted by Crippen LogP contribution is -2.62. The average molecular weight is 551 g/mol. The molecule has 2 aromatic rings. The average Bonchev–Trinajstić information content (AvgIpc) is 3.55. The maximum absolute atomic E-state index is 13.5. The van der Waals surface area contributed by atoms with Crippen LogP contribution in [0.4, 0.5) is 18.9 Å². The van der Waals surface area contributed by atoms with Crippen LogP contribution in [0.2, 0.25) is 5.02 Å². The van der Waals surface area contributed by atoms with Gasteiger partial charge in [0.2, 0.25) is 11.6 Å². The van der Waals surface area contributed by atoms with Gasteiger partial charge in [-0.15, -0.1) is 13.2 Å². The Bertz CT molecular complexity index is 1280. The van der Waals surface area contributed by atoms with E-state index in [-0.39, 0.29) is 23.0 Å². The molecular weight excluding hydrogens is 525 g/mol. The van der Waals surface area contributed by atoms with E-state index >= 15 is 0 Å². The predicted octanol–water partition coefficient (Wildman–Crippen LogP) is 5.33. The van der Waals surface area contributed by atoms with E-state index < -0.39 is 53.1 Å². The van der Waals surface area contributed by atoms with Crippen molar-refractivity contribution >= 4 is 34.8 Å². The van der Waals surface area contributed by atoms with E-state index in [1.54, 1.807) is 0 Å². The van der Waals surface area contributed by atoms with Crippen LogP contribution in [0.25, 0.3) is 0 Å². The molecule has 1 heterocycles. The lowest BCUT2D eigenvalue weighted by atomic mass is 9.65. The van der Waals surface area contributed by atoms with Crippen LogP contribution >= 0.6 is 11.6 Å². The third kappa shape index (κ3) is 5.11. The zero-order valence-electron chi connectivity index (χ0n) is 20.2. The molecule has 2 aliphatic carbocycles. The number of ether oxygens (including phenoxy) is 1. The number of carbonyl (C=O) groups is 3. The molecule has 3 N–H and O–H groups in total. The Labute approximate surface area is 221 Å². The van der Waals surface area contributed by atoms with Gasteiger partial charge in [0.05, 0.1) is 5.02 Å². The van der Waals surface area contributed by atoms with Crippen molar-refractivity contribution in [2.75, 3.05) is 5.32 Å². The van der Waals surface area contributed by atoms with Crippen LogP contribution in [0.5, 0.6) is 5.75 Å². The monoisotopic (exact) mass is 550 g/mol. The number of carboxylic acid groups (broad SMARTS) is 1. The molecule has 0 radical (unpaired) electrons. The molecule has 5 rings (SSSR count). The van der Waals surface area contributed by atoms with Gasteiger partial charge < -0.3 is 15.2 Å². The molecule has 2 fully saturated rings. The zero-order chi connectivity index (χ0) is 27.2. The normalized spacial score (nSPS) is 23.9. The molecule has 202 valence electrons. The van der Waals surface area contributed by atoms with Gasteiger partial charge in [-0.3, -0.25) is 19.7 Å². The molecule has 2 unspecified atom stereocenters. The maximum Gasteiger partial charge on any atom is 0.573 e. The van der Waals surface area contributed by atoms with Crippen molar-refractivity contribution in [2.45, 2.75) is 68.4 Å². The van der Waals surface area contributed by atoms with E-state index in [1.807, 2.05) is 24.3 Å². The van der Waals surface area contributed by atoms with Crippen LogP contribution < -0.4 is 15.4 Å². The summed E-state index contributed by atoms with van der Waals surface area (Å²) < 4.78 is 42.0. The molecule has 0 bridgehead atoms. The van der Waals surface area contributed by atoms with Crippen molar-refractivity contribution in [1.29, 1.82) is 0 Å². The number of hydrogen-bond acceptors (Lipinski definition) is 6. The Morgan fingerprint density at radius 1 is 1.08 bits per heavy atom. The van der Waals surface area contributed by atoms with E-state index in [9.17, 15) is 32.7 Å². The SMILES string of the molecule is O=C(CC(NC1CC1)(C(=O)O)C1c2ccccc2N[C@@H]2CCC[C@H]12)C(=O)c1cc(OC(F)(F)F)ccc1Cl. The first-order valence-electron chi connectivity index (χ1n) is 12.5. The summed E-state index contributed by atoms with van der Waals surface area (Å²) >= 11 is 6.07. The van der Waals surface area contributed by atoms with Gasteiger partial charge in [-0.05, 0) is 61.4 Å². The lowest BCUT2D eigenvalue weighted by molar-refractivity contribution is -0.274. The number of hydrogen-bond donors (Lipinski definition) is 3. The van der Waals surface area contributed by atoms with Gasteiger partial charge in [0.25, 0.3) is 0 Å². The fraction of sp³-hybridized carbons (Fsp3) is 0.444. The minimum atomic E-state index is -5.01. The van der Waals surface area contributed by atoms with Gasteiger partial charge in [-0.1, -0.05) is 36.2 Å². The number of Topliss-reactive ketones (excluding diaryl/α,β-unsaturated/α-hetero) is 2. The maximum atomic E-state index is 13.5. The van der Waals surface area contributed by atoms with Crippen LogP contribution in [0.15, 0.2) is 42.5 Å². The Morgan fingerprint density at radius 2 is 1.82 bits per heavy atom. The standard InChI is InChI=1S/C27H26ClF3N2O5/c28-19-11-10-15(38-27(29,30)31)12-18(19)24(35)22(34)13-26(25(36)37,33-14-8-9-14)23-16-4-1-2-6-20(16)32-21-7-3-5-17(21)23/h1-2,4,6,10-12,14,17,21,23,32-33H,3,5,7-9,13H2,(H,36,37)/t17-,21+,23?,26?/m0/s1. The third-order valence-electron chi connectivity index (χ3n) is 7.69. The highest BCUT2D eigenvalue weighted by molar-refractivity contribution is 6.48. The second kappa shape index (κ2) is 9.89. The summed E-state index contributed by atoms with van der Waals surface area (Å²) in [5, 5.41) is 17.2. The lowest BCUT2D eigenvalue weighted by Gasteiger charge is -2.46. The molecule has 3 aliphatic rings. The van der Waals surface area contributed by atoms with Crippen LogP contribution in [0.1, 0.15) is 60.4 Å². The molecule has 0 saturated heterocycles. The minimum Gasteiger partial charge on any atom is -0.480 e. The summed E-state index contributed by atoms with van der Waals surface area (Å²) in [4.78, 5) is 39.8. The first-order chi connectivity index (χ1) is 18.0. The number of alkyl halides is 3. The van der Waals surface area contributed by atoms with Gasteiger partial charge >= 0.3 is 12.3 Å². The van der Waals surface area contributed by atoms with Crippen molar-refractivity contribution in [3.63, 3.8) is 0 Å². The van der Waals surface area contributed by atoms with E-state index in [0.29, 0.717) is 0 Å².